The Morgan fingerprint density at radius 1 is 1.23 bits per heavy atom. The second-order valence-electron chi connectivity index (χ2n) is 10.2. The number of pyridine rings is 1. The van der Waals surface area contributed by atoms with Gasteiger partial charge in [0.1, 0.15) is 10.9 Å². The number of aryl methyl sites for hydroxylation is 2. The van der Waals surface area contributed by atoms with Gasteiger partial charge in [0.15, 0.2) is 0 Å². The van der Waals surface area contributed by atoms with Gasteiger partial charge in [0.2, 0.25) is 0 Å². The van der Waals surface area contributed by atoms with Crippen LogP contribution in [0.4, 0.5) is 4.79 Å². The van der Waals surface area contributed by atoms with Crippen LogP contribution < -0.4 is 10.6 Å². The van der Waals surface area contributed by atoms with Gasteiger partial charge >= 0.3 is 6.09 Å². The van der Waals surface area contributed by atoms with Crippen LogP contribution in [0.2, 0.25) is 0 Å². The summed E-state index contributed by atoms with van der Waals surface area (Å²) >= 11 is 6.42. The summed E-state index contributed by atoms with van der Waals surface area (Å²) in [6.45, 7) is 14.0. The maximum absolute atomic E-state index is 12.5. The van der Waals surface area contributed by atoms with Gasteiger partial charge in [-0.15, -0.1) is 0 Å². The van der Waals surface area contributed by atoms with E-state index in [1.807, 2.05) is 52.8 Å². The lowest BCUT2D eigenvalue weighted by atomic mass is 9.90. The van der Waals surface area contributed by atoms with Gasteiger partial charge in [-0.05, 0) is 64.2 Å². The Kier molecular flexibility index (Phi) is 8.38. The summed E-state index contributed by atoms with van der Waals surface area (Å²) in [7, 11) is 0. The number of carbonyl (C=O) groups excluding carboxylic acids is 2. The van der Waals surface area contributed by atoms with Crippen molar-refractivity contribution in [2.75, 3.05) is 0 Å². The Morgan fingerprint density at radius 2 is 1.89 bits per heavy atom. The van der Waals surface area contributed by atoms with Gasteiger partial charge in [0, 0.05) is 28.1 Å². The third kappa shape index (κ3) is 7.15. The normalized spacial score (nSPS) is 15.0. The number of amides is 2. The molecule has 2 N–H and O–H groups in total. The first-order valence-corrected chi connectivity index (χ1v) is 12.9. The van der Waals surface area contributed by atoms with Crippen molar-refractivity contribution < 1.29 is 14.3 Å². The van der Waals surface area contributed by atoms with Gasteiger partial charge in [-0.3, -0.25) is 9.78 Å². The molecule has 2 heterocycles. The second-order valence-corrected chi connectivity index (χ2v) is 11.9. The lowest BCUT2D eigenvalue weighted by Crippen LogP contribution is -2.40. The molecule has 0 spiro atoms. The molecule has 1 aliphatic heterocycles. The standard InChI is InChI=1S/C27H33N3O3S2/c1-15(2)12-21-20(14-33-25(32)30-27(5,6)7)23(18-10-8-16(3)9-11-18)19(17(4)28-21)13-22-24(31)29-26(34)35-22/h8-11,13,15H,12,14H2,1-7H3,(H,30,32)(H,29,31,34). The van der Waals surface area contributed by atoms with Crippen molar-refractivity contribution >= 4 is 46.4 Å². The minimum absolute atomic E-state index is 0.0639. The minimum Gasteiger partial charge on any atom is -0.445 e. The number of carbonyl (C=O) groups is 2. The van der Waals surface area contributed by atoms with Crippen molar-refractivity contribution in [1.29, 1.82) is 0 Å². The van der Waals surface area contributed by atoms with Crippen molar-refractivity contribution in [3.8, 4) is 11.1 Å². The fraction of sp³-hybridized carbons (Fsp3) is 0.407. The molecule has 8 heteroatoms. The summed E-state index contributed by atoms with van der Waals surface area (Å²) in [5.74, 6) is 0.135. The zero-order chi connectivity index (χ0) is 25.9. The fourth-order valence-electron chi connectivity index (χ4n) is 3.79. The number of nitrogens with one attached hydrogen (secondary N) is 2. The molecule has 0 bridgehead atoms. The summed E-state index contributed by atoms with van der Waals surface area (Å²) in [6, 6.07) is 8.20. The predicted molar refractivity (Wildman–Crippen MR) is 147 cm³/mol. The van der Waals surface area contributed by atoms with Crippen LogP contribution in [0.5, 0.6) is 0 Å². The number of rotatable bonds is 6. The van der Waals surface area contributed by atoms with Crippen molar-refractivity contribution in [3.63, 3.8) is 0 Å². The Labute approximate surface area is 217 Å². The lowest BCUT2D eigenvalue weighted by molar-refractivity contribution is -0.115. The van der Waals surface area contributed by atoms with E-state index in [4.69, 9.17) is 21.9 Å². The molecule has 3 rings (SSSR count). The summed E-state index contributed by atoms with van der Waals surface area (Å²) in [6.07, 6.45) is 2.09. The molecule has 35 heavy (non-hydrogen) atoms. The highest BCUT2D eigenvalue weighted by Crippen LogP contribution is 2.36. The average molecular weight is 512 g/mol. The van der Waals surface area contributed by atoms with E-state index >= 15 is 0 Å². The van der Waals surface area contributed by atoms with Crippen molar-refractivity contribution in [2.24, 2.45) is 5.92 Å². The van der Waals surface area contributed by atoms with Crippen LogP contribution in [0.1, 0.15) is 62.7 Å². The number of nitrogens with zero attached hydrogens (tertiary/aromatic N) is 1. The van der Waals surface area contributed by atoms with Crippen molar-refractivity contribution in [2.45, 2.75) is 67.0 Å². The summed E-state index contributed by atoms with van der Waals surface area (Å²) in [5, 5.41) is 5.52. The lowest BCUT2D eigenvalue weighted by Gasteiger charge is -2.23. The summed E-state index contributed by atoms with van der Waals surface area (Å²) < 4.78 is 6.13. The Hall–Kier alpha value is -2.71. The molecule has 0 atom stereocenters. The quantitative estimate of drug-likeness (QED) is 0.362. The maximum atomic E-state index is 12.5. The van der Waals surface area contributed by atoms with E-state index in [1.54, 1.807) is 0 Å². The Balaban J connectivity index is 2.21. The molecule has 1 saturated heterocycles. The molecule has 1 aromatic heterocycles. The summed E-state index contributed by atoms with van der Waals surface area (Å²) in [5.41, 5.74) is 5.96. The molecule has 1 fully saturated rings. The molecule has 1 aromatic carbocycles. The SMILES string of the molecule is Cc1ccc(-c2c(C=C3SC(=S)NC3=O)c(C)nc(CC(C)C)c2COC(=O)NC(C)(C)C)cc1. The van der Waals surface area contributed by atoms with Crippen LogP contribution in [-0.4, -0.2) is 26.8 Å². The second kappa shape index (κ2) is 10.9. The van der Waals surface area contributed by atoms with E-state index in [9.17, 15) is 9.59 Å². The average Bonchev–Trinajstić information content (AvgIpc) is 3.04. The highest BCUT2D eigenvalue weighted by Gasteiger charge is 2.26. The topological polar surface area (TPSA) is 80.3 Å². The first-order valence-electron chi connectivity index (χ1n) is 11.6. The smallest absolute Gasteiger partial charge is 0.407 e. The van der Waals surface area contributed by atoms with Gasteiger partial charge in [-0.25, -0.2) is 4.79 Å². The zero-order valence-electron chi connectivity index (χ0n) is 21.4. The third-order valence-electron chi connectivity index (χ3n) is 5.30. The van der Waals surface area contributed by atoms with E-state index < -0.39 is 11.6 Å². The number of benzene rings is 1. The molecule has 1 aliphatic rings. The largest absolute Gasteiger partial charge is 0.445 e. The molecule has 2 aromatic rings. The number of alkyl carbamates (subject to hydrolysis) is 1. The van der Waals surface area contributed by atoms with E-state index in [2.05, 4.69) is 36.6 Å². The van der Waals surface area contributed by atoms with E-state index in [0.717, 1.165) is 45.6 Å². The molecule has 0 aliphatic carbocycles. The van der Waals surface area contributed by atoms with Crippen LogP contribution in [-0.2, 0) is 22.6 Å². The molecular weight excluding hydrogens is 478 g/mol. The van der Waals surface area contributed by atoms with Crippen LogP contribution in [0.25, 0.3) is 17.2 Å². The minimum atomic E-state index is -0.487. The molecule has 186 valence electrons. The fourth-order valence-corrected chi connectivity index (χ4v) is 4.81. The van der Waals surface area contributed by atoms with Crippen LogP contribution in [0, 0.1) is 19.8 Å². The van der Waals surface area contributed by atoms with Crippen LogP contribution in [0.3, 0.4) is 0 Å². The number of hydrogen-bond donors (Lipinski definition) is 2. The first-order chi connectivity index (χ1) is 16.3. The number of thioether (sulfide) groups is 1. The first kappa shape index (κ1) is 26.9. The number of ether oxygens (including phenoxy) is 1. The molecule has 6 nitrogen and oxygen atoms in total. The molecular formula is C27H33N3O3S2. The number of aromatic nitrogens is 1. The van der Waals surface area contributed by atoms with Gasteiger partial charge in [0.05, 0.1) is 4.91 Å². The van der Waals surface area contributed by atoms with Gasteiger partial charge in [0.25, 0.3) is 5.91 Å². The van der Waals surface area contributed by atoms with Crippen LogP contribution in [0.15, 0.2) is 29.2 Å². The zero-order valence-corrected chi connectivity index (χ0v) is 23.0. The van der Waals surface area contributed by atoms with Crippen LogP contribution >= 0.6 is 24.0 Å². The van der Waals surface area contributed by atoms with Crippen molar-refractivity contribution in [1.82, 2.24) is 15.6 Å². The highest BCUT2D eigenvalue weighted by atomic mass is 32.2. The van der Waals surface area contributed by atoms with Gasteiger partial charge in [-0.2, -0.15) is 0 Å². The molecule has 2 amide bonds. The Bertz CT molecular complexity index is 1180. The monoisotopic (exact) mass is 511 g/mol. The van der Waals surface area contributed by atoms with Gasteiger partial charge in [-0.1, -0.05) is 67.7 Å². The third-order valence-corrected chi connectivity index (χ3v) is 6.46. The van der Waals surface area contributed by atoms with Gasteiger partial charge < -0.3 is 15.4 Å². The summed E-state index contributed by atoms with van der Waals surface area (Å²) in [4.78, 5) is 30.4. The number of hydrogen-bond acceptors (Lipinski definition) is 6. The molecule has 0 radical (unpaired) electrons. The molecule has 0 unspecified atom stereocenters. The predicted octanol–water partition coefficient (Wildman–Crippen LogP) is 6.08. The van der Waals surface area contributed by atoms with Crippen molar-refractivity contribution in [3.05, 3.63) is 57.2 Å². The van der Waals surface area contributed by atoms with E-state index in [-0.39, 0.29) is 12.5 Å². The van der Waals surface area contributed by atoms with E-state index in [0.29, 0.717) is 15.1 Å². The highest BCUT2D eigenvalue weighted by molar-refractivity contribution is 8.26. The maximum Gasteiger partial charge on any atom is 0.407 e. The Morgan fingerprint density at radius 3 is 2.43 bits per heavy atom. The number of thiocarbonyl (C=S) groups is 1. The van der Waals surface area contributed by atoms with E-state index in [1.165, 1.54) is 11.8 Å². The molecule has 0 saturated carbocycles.